The van der Waals surface area contributed by atoms with E-state index in [9.17, 15) is 13.2 Å². The van der Waals surface area contributed by atoms with Crippen molar-refractivity contribution in [2.45, 2.75) is 25.6 Å². The highest BCUT2D eigenvalue weighted by atomic mass is 19.4. The lowest BCUT2D eigenvalue weighted by molar-refractivity contribution is -0.235. The van der Waals surface area contributed by atoms with Crippen molar-refractivity contribution in [3.05, 3.63) is 24.3 Å². The number of alkyl halides is 3. The number of aliphatic hydroxyl groups is 1. The van der Waals surface area contributed by atoms with Crippen LogP contribution in [-0.4, -0.2) is 16.9 Å². The third-order valence-corrected chi connectivity index (χ3v) is 1.65. The molecule has 0 spiro atoms. The summed E-state index contributed by atoms with van der Waals surface area (Å²) in [4.78, 5) is 0. The molecule has 0 aromatic rings. The zero-order chi connectivity index (χ0) is 9.99. The lowest BCUT2D eigenvalue weighted by Crippen LogP contribution is -2.43. The summed E-state index contributed by atoms with van der Waals surface area (Å²) in [5.41, 5.74) is -3.04. The van der Waals surface area contributed by atoms with Crippen LogP contribution in [-0.2, 0) is 0 Å². The van der Waals surface area contributed by atoms with Gasteiger partial charge in [-0.15, -0.1) is 0 Å². The SMILES string of the molecule is C=C/C(=C\C)C(C)(O)C(F)(F)F. The lowest BCUT2D eigenvalue weighted by atomic mass is 9.95. The van der Waals surface area contributed by atoms with E-state index in [-0.39, 0.29) is 5.57 Å². The number of allylic oxidation sites excluding steroid dienone is 1. The standard InChI is InChI=1S/C8H11F3O/c1-4-6(5-2)7(3,12)8(9,10)11/h4-5,12H,1H2,2-3H3/b6-5+. The van der Waals surface area contributed by atoms with Crippen molar-refractivity contribution in [1.29, 1.82) is 0 Å². The van der Waals surface area contributed by atoms with Crippen molar-refractivity contribution in [2.75, 3.05) is 0 Å². The van der Waals surface area contributed by atoms with Crippen LogP contribution in [0.2, 0.25) is 0 Å². The van der Waals surface area contributed by atoms with Crippen molar-refractivity contribution in [3.8, 4) is 0 Å². The van der Waals surface area contributed by atoms with Crippen LogP contribution < -0.4 is 0 Å². The van der Waals surface area contributed by atoms with Crippen molar-refractivity contribution in [3.63, 3.8) is 0 Å². The Labute approximate surface area is 69.2 Å². The summed E-state index contributed by atoms with van der Waals surface area (Å²) in [5.74, 6) is 0. The van der Waals surface area contributed by atoms with Gasteiger partial charge < -0.3 is 5.11 Å². The van der Waals surface area contributed by atoms with Crippen molar-refractivity contribution in [2.24, 2.45) is 0 Å². The molecule has 0 aliphatic heterocycles. The highest BCUT2D eigenvalue weighted by Crippen LogP contribution is 2.35. The smallest absolute Gasteiger partial charge is 0.376 e. The maximum Gasteiger partial charge on any atom is 0.421 e. The Hall–Kier alpha value is -0.770. The van der Waals surface area contributed by atoms with Gasteiger partial charge in [0, 0.05) is 0 Å². The highest BCUT2D eigenvalue weighted by Gasteiger charge is 2.51. The largest absolute Gasteiger partial charge is 0.421 e. The number of hydrogen-bond acceptors (Lipinski definition) is 1. The molecular formula is C8H11F3O. The van der Waals surface area contributed by atoms with Gasteiger partial charge in [-0.3, -0.25) is 0 Å². The van der Waals surface area contributed by atoms with Gasteiger partial charge in [0.05, 0.1) is 0 Å². The van der Waals surface area contributed by atoms with E-state index in [4.69, 9.17) is 5.11 Å². The maximum atomic E-state index is 12.1. The second kappa shape index (κ2) is 3.31. The van der Waals surface area contributed by atoms with E-state index >= 15 is 0 Å². The Bertz CT molecular complexity index is 201. The second-order valence-corrected chi connectivity index (χ2v) is 2.52. The Morgan fingerprint density at radius 1 is 1.42 bits per heavy atom. The van der Waals surface area contributed by atoms with Crippen LogP contribution in [0.15, 0.2) is 24.3 Å². The molecule has 1 N–H and O–H groups in total. The van der Waals surface area contributed by atoms with E-state index in [0.29, 0.717) is 6.92 Å². The first-order valence-corrected chi connectivity index (χ1v) is 3.35. The van der Waals surface area contributed by atoms with Crippen molar-refractivity contribution in [1.82, 2.24) is 0 Å². The normalized spacial score (nSPS) is 18.7. The molecule has 1 unspecified atom stereocenters. The molecule has 0 radical (unpaired) electrons. The Morgan fingerprint density at radius 2 is 1.83 bits per heavy atom. The van der Waals surface area contributed by atoms with Gasteiger partial charge in [-0.05, 0) is 19.4 Å². The maximum absolute atomic E-state index is 12.1. The summed E-state index contributed by atoms with van der Waals surface area (Å²) in [6.07, 6.45) is -2.49. The van der Waals surface area contributed by atoms with Gasteiger partial charge >= 0.3 is 6.18 Å². The fraction of sp³-hybridized carbons (Fsp3) is 0.500. The van der Waals surface area contributed by atoms with Crippen molar-refractivity contribution < 1.29 is 18.3 Å². The molecule has 0 rings (SSSR count). The van der Waals surface area contributed by atoms with Crippen LogP contribution in [0.3, 0.4) is 0 Å². The molecule has 0 aromatic heterocycles. The quantitative estimate of drug-likeness (QED) is 0.647. The van der Waals surface area contributed by atoms with E-state index in [2.05, 4.69) is 6.58 Å². The second-order valence-electron chi connectivity index (χ2n) is 2.52. The summed E-state index contributed by atoms with van der Waals surface area (Å²) in [6, 6.07) is 0. The van der Waals surface area contributed by atoms with E-state index in [0.717, 1.165) is 6.08 Å². The van der Waals surface area contributed by atoms with Crippen LogP contribution in [0, 0.1) is 0 Å². The Kier molecular flexibility index (Phi) is 3.10. The number of halogens is 3. The van der Waals surface area contributed by atoms with Gasteiger partial charge in [0.2, 0.25) is 0 Å². The molecule has 1 nitrogen and oxygen atoms in total. The predicted molar refractivity (Wildman–Crippen MR) is 40.6 cm³/mol. The third-order valence-electron chi connectivity index (χ3n) is 1.65. The van der Waals surface area contributed by atoms with Gasteiger partial charge in [0.25, 0.3) is 0 Å². The van der Waals surface area contributed by atoms with Gasteiger partial charge in [-0.1, -0.05) is 18.7 Å². The van der Waals surface area contributed by atoms with Gasteiger partial charge in [0.15, 0.2) is 5.60 Å². The Morgan fingerprint density at radius 3 is 1.92 bits per heavy atom. The predicted octanol–water partition coefficient (Wildman–Crippen LogP) is 2.43. The van der Waals surface area contributed by atoms with Crippen LogP contribution in [0.1, 0.15) is 13.8 Å². The van der Waals surface area contributed by atoms with Gasteiger partial charge in [-0.25, -0.2) is 0 Å². The zero-order valence-corrected chi connectivity index (χ0v) is 6.94. The molecule has 0 amide bonds. The fourth-order valence-electron chi connectivity index (χ4n) is 0.761. The minimum atomic E-state index is -4.66. The molecule has 0 aromatic carbocycles. The molecule has 1 atom stereocenters. The number of hydrogen-bond donors (Lipinski definition) is 1. The summed E-state index contributed by atoms with van der Waals surface area (Å²) in [7, 11) is 0. The molecule has 12 heavy (non-hydrogen) atoms. The van der Waals surface area contributed by atoms with E-state index in [1.165, 1.54) is 13.0 Å². The van der Waals surface area contributed by atoms with E-state index in [1.807, 2.05) is 0 Å². The summed E-state index contributed by atoms with van der Waals surface area (Å²) >= 11 is 0. The first-order valence-electron chi connectivity index (χ1n) is 3.35. The molecule has 0 aliphatic rings. The summed E-state index contributed by atoms with van der Waals surface area (Å²) in [5, 5.41) is 9.05. The average Bonchev–Trinajstić information content (AvgIpc) is 1.87. The molecule has 0 bridgehead atoms. The first kappa shape index (κ1) is 11.2. The van der Waals surface area contributed by atoms with Crippen molar-refractivity contribution >= 4 is 0 Å². The molecule has 0 aliphatic carbocycles. The average molecular weight is 180 g/mol. The minimum Gasteiger partial charge on any atom is -0.376 e. The molecule has 4 heteroatoms. The minimum absolute atomic E-state index is 0.241. The topological polar surface area (TPSA) is 20.2 Å². The zero-order valence-electron chi connectivity index (χ0n) is 6.94. The highest BCUT2D eigenvalue weighted by molar-refractivity contribution is 5.27. The van der Waals surface area contributed by atoms with Crippen LogP contribution >= 0.6 is 0 Å². The van der Waals surface area contributed by atoms with Gasteiger partial charge in [0.1, 0.15) is 0 Å². The van der Waals surface area contributed by atoms with Crippen LogP contribution in [0.5, 0.6) is 0 Å². The molecular weight excluding hydrogens is 169 g/mol. The fourth-order valence-corrected chi connectivity index (χ4v) is 0.761. The molecule has 0 fully saturated rings. The van der Waals surface area contributed by atoms with Gasteiger partial charge in [-0.2, -0.15) is 13.2 Å². The summed E-state index contributed by atoms with van der Waals surface area (Å²) in [6.45, 7) is 5.30. The Balaban J connectivity index is 4.96. The molecule has 0 heterocycles. The van der Waals surface area contributed by atoms with E-state index < -0.39 is 11.8 Å². The molecule has 0 saturated carbocycles. The molecule has 0 saturated heterocycles. The first-order chi connectivity index (χ1) is 5.27. The lowest BCUT2D eigenvalue weighted by Gasteiger charge is -2.27. The van der Waals surface area contributed by atoms with E-state index in [1.54, 1.807) is 0 Å². The van der Waals surface area contributed by atoms with Crippen LogP contribution in [0.25, 0.3) is 0 Å². The monoisotopic (exact) mass is 180 g/mol. The number of rotatable bonds is 2. The van der Waals surface area contributed by atoms with Crippen LogP contribution in [0.4, 0.5) is 13.2 Å². The summed E-state index contributed by atoms with van der Waals surface area (Å²) < 4.78 is 36.4. The molecule has 70 valence electrons. The third kappa shape index (κ3) is 1.88.